The van der Waals surface area contributed by atoms with E-state index in [0.29, 0.717) is 12.3 Å². The molecule has 1 unspecified atom stereocenters. The zero-order valence-corrected chi connectivity index (χ0v) is 14.1. The molecule has 0 fully saturated rings. The van der Waals surface area contributed by atoms with Gasteiger partial charge in [-0.3, -0.25) is 0 Å². The van der Waals surface area contributed by atoms with Gasteiger partial charge in [0.2, 0.25) is 10.0 Å². The molecule has 0 aliphatic rings. The third kappa shape index (κ3) is 5.63. The van der Waals surface area contributed by atoms with Crippen LogP contribution in [0.2, 0.25) is 0 Å². The van der Waals surface area contributed by atoms with Crippen LogP contribution in [0.3, 0.4) is 0 Å². The summed E-state index contributed by atoms with van der Waals surface area (Å²) in [4.78, 5) is 1.07. The molecule has 1 rings (SSSR count). The first-order valence-corrected chi connectivity index (χ1v) is 9.18. The third-order valence-electron chi connectivity index (χ3n) is 2.96. The zero-order chi connectivity index (χ0) is 14.7. The summed E-state index contributed by atoms with van der Waals surface area (Å²) in [7, 11) is -3.23. The van der Waals surface area contributed by atoms with Crippen molar-refractivity contribution in [3.8, 4) is 0 Å². The Bertz CT molecular complexity index is 470. The predicted octanol–water partition coefficient (Wildman–Crippen LogP) is 3.80. The topological polar surface area (TPSA) is 46.2 Å². The summed E-state index contributed by atoms with van der Waals surface area (Å²) < 4.78 is 27.2. The molecule has 0 aliphatic heterocycles. The molecule has 110 valence electrons. The summed E-state index contributed by atoms with van der Waals surface area (Å²) in [5, 5.41) is 1.98. The Hall–Kier alpha value is -0.390. The highest BCUT2D eigenvalue weighted by Gasteiger charge is 2.30. The molecule has 0 radical (unpaired) electrons. The van der Waals surface area contributed by atoms with Crippen LogP contribution in [0.5, 0.6) is 0 Å². The maximum absolute atomic E-state index is 12.2. The smallest absolute Gasteiger partial charge is 0.212 e. The molecule has 0 bridgehead atoms. The quantitative estimate of drug-likeness (QED) is 0.869. The zero-order valence-electron chi connectivity index (χ0n) is 12.4. The standard InChI is InChI=1S/C14H25NO2S2/c1-11(2)8-10-19(16,17)15-13(14(3,4)5)12-7-6-9-18-12/h6-7,9,11,13,15H,8,10H2,1-5H3. The average molecular weight is 303 g/mol. The lowest BCUT2D eigenvalue weighted by Gasteiger charge is -2.30. The van der Waals surface area contributed by atoms with Gasteiger partial charge in [0.1, 0.15) is 0 Å². The number of hydrogen-bond acceptors (Lipinski definition) is 3. The monoisotopic (exact) mass is 303 g/mol. The molecule has 0 saturated heterocycles. The van der Waals surface area contributed by atoms with Crippen LogP contribution in [-0.2, 0) is 10.0 Å². The molecule has 1 aromatic rings. The third-order valence-corrected chi connectivity index (χ3v) is 5.26. The molecule has 1 aromatic heterocycles. The molecule has 0 spiro atoms. The van der Waals surface area contributed by atoms with Crippen molar-refractivity contribution in [3.05, 3.63) is 22.4 Å². The lowest BCUT2D eigenvalue weighted by molar-refractivity contribution is 0.308. The minimum atomic E-state index is -3.23. The normalized spacial score (nSPS) is 14.8. The SMILES string of the molecule is CC(C)CCS(=O)(=O)NC(c1cccs1)C(C)(C)C. The second-order valence-electron chi connectivity index (χ2n) is 6.43. The minimum Gasteiger partial charge on any atom is -0.212 e. The molecule has 1 heterocycles. The van der Waals surface area contributed by atoms with Crippen molar-refractivity contribution in [2.45, 2.75) is 47.1 Å². The second kappa shape index (κ2) is 6.37. The minimum absolute atomic E-state index is 0.143. The first-order chi connectivity index (χ1) is 8.62. The van der Waals surface area contributed by atoms with E-state index in [-0.39, 0.29) is 17.2 Å². The Labute approximate surface area is 121 Å². The maximum atomic E-state index is 12.2. The predicted molar refractivity (Wildman–Crippen MR) is 82.9 cm³/mol. The van der Waals surface area contributed by atoms with Crippen LogP contribution < -0.4 is 4.72 Å². The van der Waals surface area contributed by atoms with Crippen LogP contribution >= 0.6 is 11.3 Å². The van der Waals surface area contributed by atoms with E-state index in [0.717, 1.165) is 4.88 Å². The number of thiophene rings is 1. The fraction of sp³-hybridized carbons (Fsp3) is 0.714. The van der Waals surface area contributed by atoms with Crippen molar-refractivity contribution >= 4 is 21.4 Å². The Balaban J connectivity index is 2.85. The largest absolute Gasteiger partial charge is 0.212 e. The van der Waals surface area contributed by atoms with Gasteiger partial charge in [-0.25, -0.2) is 13.1 Å². The van der Waals surface area contributed by atoms with Gasteiger partial charge < -0.3 is 0 Å². The van der Waals surface area contributed by atoms with Gasteiger partial charge in [-0.1, -0.05) is 40.7 Å². The molecule has 0 aromatic carbocycles. The lowest BCUT2D eigenvalue weighted by Crippen LogP contribution is -2.37. The first kappa shape index (κ1) is 16.7. The number of sulfonamides is 1. The summed E-state index contributed by atoms with van der Waals surface area (Å²) in [6.07, 6.45) is 0.691. The highest BCUT2D eigenvalue weighted by molar-refractivity contribution is 7.89. The van der Waals surface area contributed by atoms with Crippen LogP contribution in [0, 0.1) is 11.3 Å². The highest BCUT2D eigenvalue weighted by atomic mass is 32.2. The van der Waals surface area contributed by atoms with Gasteiger partial charge in [-0.2, -0.15) is 0 Å². The van der Waals surface area contributed by atoms with Crippen molar-refractivity contribution in [2.24, 2.45) is 11.3 Å². The van der Waals surface area contributed by atoms with Crippen molar-refractivity contribution < 1.29 is 8.42 Å². The van der Waals surface area contributed by atoms with Gasteiger partial charge in [-0.15, -0.1) is 11.3 Å². The molecule has 0 saturated carbocycles. The summed E-state index contributed by atoms with van der Waals surface area (Å²) in [6, 6.07) is 3.79. The van der Waals surface area contributed by atoms with Crippen LogP contribution in [0.4, 0.5) is 0 Å². The van der Waals surface area contributed by atoms with Crippen molar-refractivity contribution in [3.63, 3.8) is 0 Å². The molecule has 19 heavy (non-hydrogen) atoms. The van der Waals surface area contributed by atoms with E-state index in [1.165, 1.54) is 0 Å². The van der Waals surface area contributed by atoms with E-state index < -0.39 is 10.0 Å². The maximum Gasteiger partial charge on any atom is 0.212 e. The van der Waals surface area contributed by atoms with Gasteiger partial charge >= 0.3 is 0 Å². The van der Waals surface area contributed by atoms with Crippen LogP contribution in [0.1, 0.15) is 52.0 Å². The Morgan fingerprint density at radius 1 is 1.32 bits per heavy atom. The van der Waals surface area contributed by atoms with E-state index in [1.54, 1.807) is 11.3 Å². The highest BCUT2D eigenvalue weighted by Crippen LogP contribution is 2.35. The second-order valence-corrected chi connectivity index (χ2v) is 9.29. The fourth-order valence-corrected chi connectivity index (χ4v) is 4.58. The molecular formula is C14H25NO2S2. The molecule has 5 heteroatoms. The summed E-state index contributed by atoms with van der Waals surface area (Å²) in [5.74, 6) is 0.592. The van der Waals surface area contributed by atoms with E-state index in [2.05, 4.69) is 25.5 Å². The van der Waals surface area contributed by atoms with E-state index in [1.807, 2.05) is 31.4 Å². The van der Waals surface area contributed by atoms with Gasteiger partial charge in [0.05, 0.1) is 11.8 Å². The van der Waals surface area contributed by atoms with E-state index in [9.17, 15) is 8.42 Å². The van der Waals surface area contributed by atoms with Gasteiger partial charge in [0.15, 0.2) is 0 Å². The van der Waals surface area contributed by atoms with Crippen LogP contribution in [0.25, 0.3) is 0 Å². The van der Waals surface area contributed by atoms with Gasteiger partial charge in [0, 0.05) is 4.88 Å². The van der Waals surface area contributed by atoms with Crippen molar-refractivity contribution in [1.82, 2.24) is 4.72 Å². The molecule has 1 N–H and O–H groups in total. The molecule has 1 atom stereocenters. The van der Waals surface area contributed by atoms with E-state index in [4.69, 9.17) is 0 Å². The fourth-order valence-electron chi connectivity index (χ4n) is 1.75. The van der Waals surface area contributed by atoms with Crippen molar-refractivity contribution in [1.29, 1.82) is 0 Å². The van der Waals surface area contributed by atoms with E-state index >= 15 is 0 Å². The average Bonchev–Trinajstić information content (AvgIpc) is 2.75. The number of nitrogens with one attached hydrogen (secondary N) is 1. The lowest BCUT2D eigenvalue weighted by atomic mass is 9.86. The number of rotatable bonds is 6. The first-order valence-electron chi connectivity index (χ1n) is 6.65. The van der Waals surface area contributed by atoms with Gasteiger partial charge in [0.25, 0.3) is 0 Å². The Morgan fingerprint density at radius 3 is 2.37 bits per heavy atom. The van der Waals surface area contributed by atoms with Crippen molar-refractivity contribution in [2.75, 3.05) is 5.75 Å². The molecule has 3 nitrogen and oxygen atoms in total. The number of hydrogen-bond donors (Lipinski definition) is 1. The summed E-state index contributed by atoms with van der Waals surface area (Å²) >= 11 is 1.60. The summed E-state index contributed by atoms with van der Waals surface area (Å²) in [6.45, 7) is 10.2. The van der Waals surface area contributed by atoms with Crippen LogP contribution in [-0.4, -0.2) is 14.2 Å². The van der Waals surface area contributed by atoms with Gasteiger partial charge in [-0.05, 0) is 29.2 Å². The molecule has 0 amide bonds. The molecular weight excluding hydrogens is 278 g/mol. The van der Waals surface area contributed by atoms with Crippen LogP contribution in [0.15, 0.2) is 17.5 Å². The molecule has 0 aliphatic carbocycles. The summed E-state index contributed by atoms with van der Waals surface area (Å²) in [5.41, 5.74) is -0.143. The Morgan fingerprint density at radius 2 is 1.95 bits per heavy atom. The Kier molecular flexibility index (Phi) is 5.59.